The smallest absolute Gasteiger partial charge is 0.119 e. The molecule has 0 radical (unpaired) electrons. The average Bonchev–Trinajstić information content (AvgIpc) is 2.26. The first kappa shape index (κ1) is 11.1. The lowest BCUT2D eigenvalue weighted by Gasteiger charge is -2.09. The van der Waals surface area contributed by atoms with Crippen LogP contribution in [0.15, 0.2) is 18.2 Å². The topological polar surface area (TPSA) is 35.2 Å². The minimum atomic E-state index is 0.759. The molecule has 2 nitrogen and oxygen atoms in total. The second-order valence-corrected chi connectivity index (χ2v) is 3.38. The van der Waals surface area contributed by atoms with Gasteiger partial charge in [0, 0.05) is 0 Å². The molecule has 0 aliphatic carbocycles. The first-order chi connectivity index (χ1) is 6.81. The van der Waals surface area contributed by atoms with Crippen LogP contribution in [0, 0.1) is 0 Å². The van der Waals surface area contributed by atoms with Gasteiger partial charge in [0.1, 0.15) is 5.75 Å². The molecule has 0 fully saturated rings. The van der Waals surface area contributed by atoms with Gasteiger partial charge in [0.15, 0.2) is 0 Å². The van der Waals surface area contributed by atoms with Crippen molar-refractivity contribution in [2.45, 2.75) is 26.2 Å². The van der Waals surface area contributed by atoms with Crippen LogP contribution in [0.1, 0.15) is 24.5 Å². The maximum absolute atomic E-state index is 5.50. The van der Waals surface area contributed by atoms with Gasteiger partial charge in [-0.05, 0) is 49.1 Å². The van der Waals surface area contributed by atoms with E-state index in [1.807, 2.05) is 6.07 Å². The molecule has 78 valence electrons. The van der Waals surface area contributed by atoms with Crippen LogP contribution in [0.5, 0.6) is 5.75 Å². The fraction of sp³-hybridized carbons (Fsp3) is 0.500. The van der Waals surface area contributed by atoms with Crippen molar-refractivity contribution in [3.05, 3.63) is 29.3 Å². The Kier molecular flexibility index (Phi) is 4.47. The van der Waals surface area contributed by atoms with Crippen molar-refractivity contribution in [2.75, 3.05) is 13.7 Å². The molecule has 0 aromatic heterocycles. The SMILES string of the molecule is CCc1cc(OC)ccc1CCCN. The highest BCUT2D eigenvalue weighted by atomic mass is 16.5. The van der Waals surface area contributed by atoms with E-state index in [-0.39, 0.29) is 0 Å². The number of aryl methyl sites for hydroxylation is 2. The second kappa shape index (κ2) is 5.66. The number of rotatable bonds is 5. The van der Waals surface area contributed by atoms with Crippen molar-refractivity contribution in [2.24, 2.45) is 5.73 Å². The van der Waals surface area contributed by atoms with Gasteiger partial charge in [0.25, 0.3) is 0 Å². The van der Waals surface area contributed by atoms with E-state index in [1.165, 1.54) is 11.1 Å². The molecule has 0 saturated heterocycles. The van der Waals surface area contributed by atoms with E-state index in [1.54, 1.807) is 7.11 Å². The van der Waals surface area contributed by atoms with Gasteiger partial charge in [-0.2, -0.15) is 0 Å². The highest BCUT2D eigenvalue weighted by Gasteiger charge is 2.02. The number of methoxy groups -OCH3 is 1. The maximum Gasteiger partial charge on any atom is 0.119 e. The van der Waals surface area contributed by atoms with Crippen molar-refractivity contribution >= 4 is 0 Å². The van der Waals surface area contributed by atoms with Gasteiger partial charge in [0.05, 0.1) is 7.11 Å². The molecular formula is C12H19NO. The van der Waals surface area contributed by atoms with Crippen LogP contribution in [0.3, 0.4) is 0 Å². The van der Waals surface area contributed by atoms with Crippen LogP contribution in [-0.2, 0) is 12.8 Å². The number of ether oxygens (including phenoxy) is 1. The Morgan fingerprint density at radius 1 is 1.29 bits per heavy atom. The molecule has 2 N–H and O–H groups in total. The van der Waals surface area contributed by atoms with Gasteiger partial charge in [-0.1, -0.05) is 13.0 Å². The Hall–Kier alpha value is -1.02. The van der Waals surface area contributed by atoms with Gasteiger partial charge in [-0.15, -0.1) is 0 Å². The zero-order chi connectivity index (χ0) is 10.4. The molecular weight excluding hydrogens is 174 g/mol. The quantitative estimate of drug-likeness (QED) is 0.777. The van der Waals surface area contributed by atoms with Crippen LogP contribution < -0.4 is 10.5 Å². The summed E-state index contributed by atoms with van der Waals surface area (Å²) in [5.41, 5.74) is 8.27. The lowest BCUT2D eigenvalue weighted by Crippen LogP contribution is -2.02. The second-order valence-electron chi connectivity index (χ2n) is 3.38. The maximum atomic E-state index is 5.50. The molecule has 0 saturated carbocycles. The third-order valence-electron chi connectivity index (χ3n) is 2.44. The molecule has 0 heterocycles. The van der Waals surface area contributed by atoms with Crippen LogP contribution >= 0.6 is 0 Å². The number of hydrogen-bond acceptors (Lipinski definition) is 2. The van der Waals surface area contributed by atoms with Gasteiger partial charge in [-0.25, -0.2) is 0 Å². The molecule has 0 atom stereocenters. The van der Waals surface area contributed by atoms with E-state index >= 15 is 0 Å². The lowest BCUT2D eigenvalue weighted by atomic mass is 10.0. The molecule has 0 unspecified atom stereocenters. The number of nitrogens with two attached hydrogens (primary N) is 1. The summed E-state index contributed by atoms with van der Waals surface area (Å²) in [6.45, 7) is 2.93. The van der Waals surface area contributed by atoms with Crippen LogP contribution in [0.2, 0.25) is 0 Å². The summed E-state index contributed by atoms with van der Waals surface area (Å²) in [7, 11) is 1.70. The zero-order valence-electron chi connectivity index (χ0n) is 9.05. The minimum Gasteiger partial charge on any atom is -0.497 e. The average molecular weight is 193 g/mol. The zero-order valence-corrected chi connectivity index (χ0v) is 9.05. The third kappa shape index (κ3) is 2.74. The number of hydrogen-bond donors (Lipinski definition) is 1. The monoisotopic (exact) mass is 193 g/mol. The minimum absolute atomic E-state index is 0.759. The highest BCUT2D eigenvalue weighted by Crippen LogP contribution is 2.19. The van der Waals surface area contributed by atoms with E-state index in [0.717, 1.165) is 31.6 Å². The van der Waals surface area contributed by atoms with Gasteiger partial charge in [0.2, 0.25) is 0 Å². The first-order valence-electron chi connectivity index (χ1n) is 5.17. The fourth-order valence-corrected chi connectivity index (χ4v) is 1.59. The Labute approximate surface area is 86.1 Å². The fourth-order valence-electron chi connectivity index (χ4n) is 1.59. The summed E-state index contributed by atoms with van der Waals surface area (Å²) < 4.78 is 5.19. The molecule has 14 heavy (non-hydrogen) atoms. The Morgan fingerprint density at radius 3 is 2.64 bits per heavy atom. The van der Waals surface area contributed by atoms with Gasteiger partial charge < -0.3 is 10.5 Å². The third-order valence-corrected chi connectivity index (χ3v) is 2.44. The molecule has 0 spiro atoms. The molecule has 0 bridgehead atoms. The van der Waals surface area contributed by atoms with E-state index in [4.69, 9.17) is 10.5 Å². The van der Waals surface area contributed by atoms with E-state index in [0.29, 0.717) is 0 Å². The van der Waals surface area contributed by atoms with Crippen LogP contribution in [-0.4, -0.2) is 13.7 Å². The van der Waals surface area contributed by atoms with Crippen molar-refractivity contribution in [3.63, 3.8) is 0 Å². The predicted molar refractivity (Wildman–Crippen MR) is 59.7 cm³/mol. The summed E-state index contributed by atoms with van der Waals surface area (Å²) >= 11 is 0. The molecule has 0 aliphatic rings. The summed E-state index contributed by atoms with van der Waals surface area (Å²) in [5.74, 6) is 0.943. The summed E-state index contributed by atoms with van der Waals surface area (Å²) in [6.07, 6.45) is 3.18. The van der Waals surface area contributed by atoms with Gasteiger partial charge in [-0.3, -0.25) is 0 Å². The van der Waals surface area contributed by atoms with Crippen molar-refractivity contribution in [3.8, 4) is 5.75 Å². The molecule has 1 aromatic rings. The van der Waals surface area contributed by atoms with Crippen LogP contribution in [0.25, 0.3) is 0 Å². The molecule has 1 aromatic carbocycles. The van der Waals surface area contributed by atoms with Crippen molar-refractivity contribution in [1.29, 1.82) is 0 Å². The van der Waals surface area contributed by atoms with Crippen LogP contribution in [0.4, 0.5) is 0 Å². The number of benzene rings is 1. The highest BCUT2D eigenvalue weighted by molar-refractivity contribution is 5.35. The normalized spacial score (nSPS) is 10.2. The molecule has 0 amide bonds. The van der Waals surface area contributed by atoms with Gasteiger partial charge >= 0.3 is 0 Å². The summed E-state index contributed by atoms with van der Waals surface area (Å²) in [5, 5.41) is 0. The molecule has 2 heteroatoms. The predicted octanol–water partition coefficient (Wildman–Crippen LogP) is 2.15. The Morgan fingerprint density at radius 2 is 2.07 bits per heavy atom. The summed E-state index contributed by atoms with van der Waals surface area (Å²) in [6, 6.07) is 6.28. The first-order valence-corrected chi connectivity index (χ1v) is 5.17. The molecule has 1 rings (SSSR count). The lowest BCUT2D eigenvalue weighted by molar-refractivity contribution is 0.414. The Bertz CT molecular complexity index is 284. The van der Waals surface area contributed by atoms with E-state index in [9.17, 15) is 0 Å². The van der Waals surface area contributed by atoms with E-state index in [2.05, 4.69) is 19.1 Å². The van der Waals surface area contributed by atoms with Crippen molar-refractivity contribution in [1.82, 2.24) is 0 Å². The molecule has 0 aliphatic heterocycles. The van der Waals surface area contributed by atoms with E-state index < -0.39 is 0 Å². The standard InChI is InChI=1S/C12H19NO/c1-3-10-9-12(14-2)7-6-11(10)5-4-8-13/h6-7,9H,3-5,8,13H2,1-2H3. The largest absolute Gasteiger partial charge is 0.497 e. The Balaban J connectivity index is 2.82. The van der Waals surface area contributed by atoms with Crippen molar-refractivity contribution < 1.29 is 4.74 Å². The summed E-state index contributed by atoms with van der Waals surface area (Å²) in [4.78, 5) is 0.